The molecule has 24 heteroatoms. The topological polar surface area (TPSA) is 415 Å². The van der Waals surface area contributed by atoms with Crippen LogP contribution < -0.4 is 38.9 Å². The van der Waals surface area contributed by atoms with Crippen LogP contribution in [0, 0.1) is 0 Å². The van der Waals surface area contributed by atoms with E-state index in [1.54, 1.807) is 0 Å². The molecule has 4 heterocycles. The maximum Gasteiger partial charge on any atom is 0.254 e. The van der Waals surface area contributed by atoms with Gasteiger partial charge in [-0.15, -0.1) is 0 Å². The lowest BCUT2D eigenvalue weighted by molar-refractivity contribution is -0.308. The molecule has 5 fully saturated rings. The maximum absolute atomic E-state index is 13.0. The Bertz CT molecular complexity index is 1220. The van der Waals surface area contributed by atoms with E-state index in [1.807, 2.05) is 0 Å². The van der Waals surface area contributed by atoms with Gasteiger partial charge in [-0.2, -0.15) is 0 Å². The van der Waals surface area contributed by atoms with Crippen molar-refractivity contribution in [2.24, 2.45) is 22.9 Å². The largest absolute Gasteiger partial charge is 0.394 e. The van der Waals surface area contributed by atoms with Crippen LogP contribution in [0.15, 0.2) is 0 Å². The monoisotopic (exact) mass is 787 g/mol. The Hall–Kier alpha value is -1.41. The Kier molecular flexibility index (Phi) is 14.9. The number of ether oxygens (including phenoxy) is 6. The number of amides is 1. The highest BCUT2D eigenvalue weighted by Crippen LogP contribution is 2.35. The van der Waals surface area contributed by atoms with Crippen molar-refractivity contribution >= 4 is 5.91 Å². The van der Waals surface area contributed by atoms with Crippen molar-refractivity contribution in [3.05, 3.63) is 0 Å². The standard InChI is InChI=1S/C30H57N7O17/c31-2-12-18(42)20(44)15(33)26(49-12)53-24-14(6-39)51-28(22(24)46)54-25-17(41)11(37-29(47)30(48)7-36-8-30)1-10(32)23(25)52-27-16(34)21(45)19(43)13(50-27)4-35-3-9(40)5-38/h9-28,35-36,38-46,48H,1-8,31-34H2,(H,37,47)/t9?,10-,11+,12-,13+,14+,15+,16+,17-,18+,19+,20+,21+,22+,23+,24+,25+,26+,27+,28-/m0/s1. The van der Waals surface area contributed by atoms with E-state index in [2.05, 4.69) is 16.0 Å². The first-order valence-corrected chi connectivity index (χ1v) is 17.9. The van der Waals surface area contributed by atoms with E-state index in [1.165, 1.54) is 0 Å². The molecule has 5 aliphatic rings. The molecule has 0 aromatic heterocycles. The van der Waals surface area contributed by atoms with Gasteiger partial charge in [0.2, 0.25) is 0 Å². The van der Waals surface area contributed by atoms with Gasteiger partial charge in [0, 0.05) is 38.8 Å². The highest BCUT2D eigenvalue weighted by molar-refractivity contribution is 5.87. The summed E-state index contributed by atoms with van der Waals surface area (Å²) in [6, 6.07) is -4.94. The molecular weight excluding hydrogens is 730 g/mol. The number of carbonyl (C=O) groups excluding carboxylic acids is 1. The van der Waals surface area contributed by atoms with Crippen LogP contribution in [0.4, 0.5) is 0 Å². The third-order valence-electron chi connectivity index (χ3n) is 10.6. The van der Waals surface area contributed by atoms with Crippen LogP contribution in [-0.4, -0.2) is 231 Å². The molecule has 4 saturated heterocycles. The van der Waals surface area contributed by atoms with E-state index in [-0.39, 0.29) is 39.1 Å². The maximum atomic E-state index is 13.0. The summed E-state index contributed by atoms with van der Waals surface area (Å²) in [5, 5.41) is 113. The Morgan fingerprint density at radius 3 is 1.89 bits per heavy atom. The van der Waals surface area contributed by atoms with Gasteiger partial charge in [-0.05, 0) is 6.42 Å². The molecule has 0 bridgehead atoms. The molecule has 0 spiro atoms. The molecule has 24 nitrogen and oxygen atoms in total. The molecule has 314 valence electrons. The lowest BCUT2D eigenvalue weighted by Crippen LogP contribution is -2.72. The van der Waals surface area contributed by atoms with Gasteiger partial charge in [0.1, 0.15) is 73.2 Å². The van der Waals surface area contributed by atoms with Crippen LogP contribution in [0.2, 0.25) is 0 Å². The van der Waals surface area contributed by atoms with Gasteiger partial charge in [0.15, 0.2) is 24.5 Å². The molecule has 1 amide bonds. The molecule has 0 aromatic rings. The van der Waals surface area contributed by atoms with Crippen molar-refractivity contribution in [3.8, 4) is 0 Å². The number of nitrogens with two attached hydrogens (primary N) is 4. The molecule has 0 aromatic carbocycles. The second-order valence-corrected chi connectivity index (χ2v) is 14.6. The molecule has 1 unspecified atom stereocenters. The van der Waals surface area contributed by atoms with E-state index < -0.39 is 147 Å². The number of carbonyl (C=O) groups is 1. The number of hydrogen-bond acceptors (Lipinski definition) is 23. The third-order valence-corrected chi connectivity index (χ3v) is 10.6. The van der Waals surface area contributed by atoms with Crippen LogP contribution in [0.5, 0.6) is 0 Å². The minimum atomic E-state index is -1.75. The predicted octanol–water partition coefficient (Wildman–Crippen LogP) is -11.4. The first-order valence-electron chi connectivity index (χ1n) is 17.9. The average molecular weight is 788 g/mol. The minimum Gasteiger partial charge on any atom is -0.394 e. The van der Waals surface area contributed by atoms with Crippen molar-refractivity contribution < 1.29 is 84.3 Å². The molecule has 54 heavy (non-hydrogen) atoms. The minimum absolute atomic E-state index is 0.0398. The van der Waals surface area contributed by atoms with Crippen molar-refractivity contribution in [3.63, 3.8) is 0 Å². The zero-order chi connectivity index (χ0) is 39.6. The van der Waals surface area contributed by atoms with E-state index in [9.17, 15) is 50.8 Å². The third kappa shape index (κ3) is 9.15. The number of rotatable bonds is 15. The highest BCUT2D eigenvalue weighted by Gasteiger charge is 2.55. The van der Waals surface area contributed by atoms with Gasteiger partial charge in [0.25, 0.3) is 5.91 Å². The van der Waals surface area contributed by atoms with Gasteiger partial charge >= 0.3 is 0 Å². The summed E-state index contributed by atoms with van der Waals surface area (Å²) >= 11 is 0. The Labute approximate surface area is 309 Å². The van der Waals surface area contributed by atoms with E-state index in [0.717, 1.165) is 0 Å². The molecular formula is C30H57N7O17. The lowest BCUT2D eigenvalue weighted by atomic mass is 9.83. The van der Waals surface area contributed by atoms with E-state index in [4.69, 9.17) is 56.5 Å². The Morgan fingerprint density at radius 2 is 1.33 bits per heavy atom. The van der Waals surface area contributed by atoms with E-state index in [0.29, 0.717) is 0 Å². The van der Waals surface area contributed by atoms with Crippen molar-refractivity contribution in [2.45, 2.75) is 134 Å². The number of hydrogen-bond donors (Lipinski definition) is 17. The second kappa shape index (κ2) is 18.5. The number of aliphatic hydroxyl groups excluding tert-OH is 9. The highest BCUT2D eigenvalue weighted by atomic mass is 16.8. The molecule has 4 aliphatic heterocycles. The molecule has 21 N–H and O–H groups in total. The number of β-amino-alcohol motifs (C(OH)–C–C–N with tert-alkyl or cyclic N) is 1. The zero-order valence-electron chi connectivity index (χ0n) is 29.3. The smallest absolute Gasteiger partial charge is 0.254 e. The Morgan fingerprint density at radius 1 is 0.778 bits per heavy atom. The van der Waals surface area contributed by atoms with Gasteiger partial charge in [0.05, 0.1) is 37.4 Å². The molecule has 5 rings (SSSR count). The molecule has 20 atom stereocenters. The fraction of sp³-hybridized carbons (Fsp3) is 0.967. The van der Waals surface area contributed by atoms with Gasteiger partial charge in [-0.1, -0.05) is 0 Å². The summed E-state index contributed by atoms with van der Waals surface area (Å²) in [5.74, 6) is -0.801. The summed E-state index contributed by atoms with van der Waals surface area (Å²) in [5.41, 5.74) is 22.7. The summed E-state index contributed by atoms with van der Waals surface area (Å²) < 4.78 is 35.4. The summed E-state index contributed by atoms with van der Waals surface area (Å²) in [6.07, 6.45) is -23.3. The molecule has 1 saturated carbocycles. The molecule has 1 aliphatic carbocycles. The molecule has 0 radical (unpaired) electrons. The second-order valence-electron chi connectivity index (χ2n) is 14.6. The van der Waals surface area contributed by atoms with Crippen molar-refractivity contribution in [2.75, 3.05) is 45.9 Å². The van der Waals surface area contributed by atoms with E-state index >= 15 is 0 Å². The first kappa shape index (κ1) is 43.7. The van der Waals surface area contributed by atoms with Crippen LogP contribution in [0.25, 0.3) is 0 Å². The average Bonchev–Trinajstić information content (AvgIpc) is 3.43. The lowest BCUT2D eigenvalue weighted by Gasteiger charge is -2.48. The summed E-state index contributed by atoms with van der Waals surface area (Å²) in [6.45, 7) is -1.77. The van der Waals surface area contributed by atoms with Crippen LogP contribution >= 0.6 is 0 Å². The Balaban J connectivity index is 1.35. The summed E-state index contributed by atoms with van der Waals surface area (Å²) in [7, 11) is 0. The zero-order valence-corrected chi connectivity index (χ0v) is 29.3. The fourth-order valence-corrected chi connectivity index (χ4v) is 7.11. The van der Waals surface area contributed by atoms with Gasteiger partial charge in [-0.25, -0.2) is 0 Å². The number of nitrogens with one attached hydrogen (secondary N) is 3. The van der Waals surface area contributed by atoms with Gasteiger partial charge in [-0.3, -0.25) is 4.79 Å². The van der Waals surface area contributed by atoms with Gasteiger partial charge < -0.3 is 118 Å². The normalized spacial score (nSPS) is 47.2. The van der Waals surface area contributed by atoms with Crippen LogP contribution in [-0.2, 0) is 33.2 Å². The van der Waals surface area contributed by atoms with Crippen LogP contribution in [0.3, 0.4) is 0 Å². The quantitative estimate of drug-likeness (QED) is 0.0732. The summed E-state index contributed by atoms with van der Waals surface area (Å²) in [4.78, 5) is 13.0. The van der Waals surface area contributed by atoms with Crippen molar-refractivity contribution in [1.82, 2.24) is 16.0 Å². The van der Waals surface area contributed by atoms with Crippen LogP contribution in [0.1, 0.15) is 6.42 Å². The predicted molar refractivity (Wildman–Crippen MR) is 177 cm³/mol. The fourth-order valence-electron chi connectivity index (χ4n) is 7.11. The SMILES string of the molecule is NC[C@@H]1O[C@H](O[C@H]2[C@@H](O)[C@H](O[C@@H]3[C@@H](O)[C@H](NC(=O)C4(O)CNC4)C[C@H](N)[C@H]3O[C@H]3O[C@H](CNCC(O)CO)[C@@H](O)[C@H](O)[C@H]3N)O[C@@H]2CO)[C@H](N)[C@@H](O)[C@@H]1O. The first-order chi connectivity index (χ1) is 25.5. The van der Waals surface area contributed by atoms with Crippen molar-refractivity contribution in [1.29, 1.82) is 0 Å². The number of aliphatic hydroxyl groups is 10.